The van der Waals surface area contributed by atoms with E-state index in [0.717, 1.165) is 0 Å². The van der Waals surface area contributed by atoms with Crippen LogP contribution >= 0.6 is 0 Å². The van der Waals surface area contributed by atoms with Gasteiger partial charge in [0.25, 0.3) is 0 Å². The van der Waals surface area contributed by atoms with Gasteiger partial charge in [-0.1, -0.05) is 12.1 Å². The number of hydrogen-bond acceptors (Lipinski definition) is 3. The Hall–Kier alpha value is -1.64. The monoisotopic (exact) mass is 162 g/mol. The Morgan fingerprint density at radius 2 is 2.25 bits per heavy atom. The lowest BCUT2D eigenvalue weighted by molar-refractivity contribution is 0.112. The summed E-state index contributed by atoms with van der Waals surface area (Å²) in [6.07, 6.45) is 0.712. The standard InChI is InChI=1S/C9H10N2O/c1-6(10)9-7(5-12)3-2-4-8(9)11/h2-5,10H,11H2,1H3. The lowest BCUT2D eigenvalue weighted by atomic mass is 10.0. The Balaban J connectivity index is 3.39. The van der Waals surface area contributed by atoms with Crippen molar-refractivity contribution in [2.24, 2.45) is 0 Å². The number of anilines is 1. The first kappa shape index (κ1) is 8.46. The van der Waals surface area contributed by atoms with Crippen LogP contribution in [0.3, 0.4) is 0 Å². The number of nitrogens with two attached hydrogens (primary N) is 1. The van der Waals surface area contributed by atoms with Gasteiger partial charge >= 0.3 is 0 Å². The zero-order valence-corrected chi connectivity index (χ0v) is 6.79. The van der Waals surface area contributed by atoms with E-state index in [1.54, 1.807) is 25.1 Å². The van der Waals surface area contributed by atoms with Crippen LogP contribution in [0.25, 0.3) is 0 Å². The first-order valence-electron chi connectivity index (χ1n) is 3.56. The first-order chi connectivity index (χ1) is 5.66. The van der Waals surface area contributed by atoms with Crippen molar-refractivity contribution in [1.29, 1.82) is 5.41 Å². The third-order valence-corrected chi connectivity index (χ3v) is 1.63. The topological polar surface area (TPSA) is 66.9 Å². The highest BCUT2D eigenvalue weighted by molar-refractivity contribution is 6.07. The number of rotatable bonds is 2. The van der Waals surface area contributed by atoms with Gasteiger partial charge in [0, 0.05) is 22.5 Å². The van der Waals surface area contributed by atoms with Gasteiger partial charge in [-0.3, -0.25) is 4.79 Å². The van der Waals surface area contributed by atoms with E-state index in [2.05, 4.69) is 0 Å². The summed E-state index contributed by atoms with van der Waals surface area (Å²) >= 11 is 0. The van der Waals surface area contributed by atoms with Gasteiger partial charge in [0.15, 0.2) is 6.29 Å². The normalized spacial score (nSPS) is 9.42. The Morgan fingerprint density at radius 1 is 1.58 bits per heavy atom. The number of carbonyl (C=O) groups excluding carboxylic acids is 1. The van der Waals surface area contributed by atoms with Crippen molar-refractivity contribution in [1.82, 2.24) is 0 Å². The van der Waals surface area contributed by atoms with Crippen molar-refractivity contribution in [3.05, 3.63) is 29.3 Å². The van der Waals surface area contributed by atoms with E-state index in [1.807, 2.05) is 0 Å². The molecule has 0 fully saturated rings. The lowest BCUT2D eigenvalue weighted by Crippen LogP contribution is -2.03. The minimum absolute atomic E-state index is 0.315. The van der Waals surface area contributed by atoms with E-state index in [4.69, 9.17) is 11.1 Å². The van der Waals surface area contributed by atoms with Gasteiger partial charge in [-0.25, -0.2) is 0 Å². The van der Waals surface area contributed by atoms with Crippen LogP contribution in [0, 0.1) is 5.41 Å². The average molecular weight is 162 g/mol. The molecule has 0 aromatic heterocycles. The maximum absolute atomic E-state index is 10.5. The van der Waals surface area contributed by atoms with Gasteiger partial charge in [-0.05, 0) is 13.0 Å². The lowest BCUT2D eigenvalue weighted by Gasteiger charge is -2.05. The van der Waals surface area contributed by atoms with Crippen LogP contribution in [0.2, 0.25) is 0 Å². The summed E-state index contributed by atoms with van der Waals surface area (Å²) in [5, 5.41) is 7.38. The van der Waals surface area contributed by atoms with Crippen LogP contribution in [0.1, 0.15) is 22.8 Å². The number of carbonyl (C=O) groups is 1. The predicted octanol–water partition coefficient (Wildman–Crippen LogP) is 1.47. The van der Waals surface area contributed by atoms with E-state index >= 15 is 0 Å². The Morgan fingerprint density at radius 3 is 2.67 bits per heavy atom. The number of aldehydes is 1. The average Bonchev–Trinajstić information content (AvgIpc) is 2.03. The molecule has 0 aliphatic carbocycles. The molecule has 0 bridgehead atoms. The molecule has 0 atom stereocenters. The summed E-state index contributed by atoms with van der Waals surface area (Å²) in [5.41, 5.74) is 7.40. The zero-order valence-electron chi connectivity index (χ0n) is 6.79. The molecule has 0 saturated heterocycles. The highest BCUT2D eigenvalue weighted by atomic mass is 16.1. The second-order valence-electron chi connectivity index (χ2n) is 2.55. The second kappa shape index (κ2) is 3.17. The molecule has 0 radical (unpaired) electrons. The van der Waals surface area contributed by atoms with E-state index in [1.165, 1.54) is 0 Å². The molecule has 3 N–H and O–H groups in total. The number of benzene rings is 1. The fraction of sp³-hybridized carbons (Fsp3) is 0.111. The van der Waals surface area contributed by atoms with E-state index in [-0.39, 0.29) is 0 Å². The summed E-state index contributed by atoms with van der Waals surface area (Å²) in [5.74, 6) is 0. The molecule has 3 nitrogen and oxygen atoms in total. The molecule has 1 aromatic rings. The molecule has 0 spiro atoms. The van der Waals surface area contributed by atoms with Crippen molar-refractivity contribution in [2.45, 2.75) is 6.92 Å². The predicted molar refractivity (Wildman–Crippen MR) is 48.7 cm³/mol. The van der Waals surface area contributed by atoms with Crippen LogP contribution in [0.4, 0.5) is 5.69 Å². The fourth-order valence-corrected chi connectivity index (χ4v) is 1.12. The maximum Gasteiger partial charge on any atom is 0.150 e. The summed E-state index contributed by atoms with van der Waals surface area (Å²) in [6.45, 7) is 1.61. The van der Waals surface area contributed by atoms with Gasteiger partial charge < -0.3 is 11.1 Å². The number of nitrogens with one attached hydrogen (secondary N) is 1. The zero-order chi connectivity index (χ0) is 9.14. The van der Waals surface area contributed by atoms with Gasteiger partial charge in [0.2, 0.25) is 0 Å². The molecule has 0 heterocycles. The minimum Gasteiger partial charge on any atom is -0.398 e. The largest absolute Gasteiger partial charge is 0.398 e. The molecule has 0 amide bonds. The highest BCUT2D eigenvalue weighted by Gasteiger charge is 2.06. The molecule has 0 aliphatic rings. The molecule has 0 aliphatic heterocycles. The summed E-state index contributed by atoms with van der Waals surface area (Å²) in [6, 6.07) is 5.03. The molecule has 0 saturated carbocycles. The first-order valence-corrected chi connectivity index (χ1v) is 3.56. The van der Waals surface area contributed by atoms with Gasteiger partial charge in [0.1, 0.15) is 0 Å². The number of nitrogen functional groups attached to an aromatic ring is 1. The fourth-order valence-electron chi connectivity index (χ4n) is 1.12. The van der Waals surface area contributed by atoms with Gasteiger partial charge in [-0.2, -0.15) is 0 Å². The smallest absolute Gasteiger partial charge is 0.150 e. The van der Waals surface area contributed by atoms with Crippen molar-refractivity contribution in [3.63, 3.8) is 0 Å². The van der Waals surface area contributed by atoms with Crippen molar-refractivity contribution in [2.75, 3.05) is 5.73 Å². The van der Waals surface area contributed by atoms with Crippen LogP contribution in [-0.4, -0.2) is 12.0 Å². The quantitative estimate of drug-likeness (QED) is 0.393. The molecule has 1 rings (SSSR count). The van der Waals surface area contributed by atoms with E-state index in [0.29, 0.717) is 28.8 Å². The van der Waals surface area contributed by atoms with Crippen molar-refractivity contribution >= 4 is 17.7 Å². The summed E-state index contributed by atoms with van der Waals surface area (Å²) in [7, 11) is 0. The molecule has 1 aromatic carbocycles. The molecular weight excluding hydrogens is 152 g/mol. The van der Waals surface area contributed by atoms with E-state index in [9.17, 15) is 4.79 Å². The summed E-state index contributed by atoms with van der Waals surface area (Å²) < 4.78 is 0. The minimum atomic E-state index is 0.315. The van der Waals surface area contributed by atoms with Crippen molar-refractivity contribution < 1.29 is 4.79 Å². The summed E-state index contributed by atoms with van der Waals surface area (Å²) in [4.78, 5) is 10.5. The third kappa shape index (κ3) is 1.34. The SMILES string of the molecule is CC(=N)c1c(N)cccc1C=O. The van der Waals surface area contributed by atoms with Crippen LogP contribution in [0.5, 0.6) is 0 Å². The Bertz CT molecular complexity index is 331. The molecule has 62 valence electrons. The molecule has 12 heavy (non-hydrogen) atoms. The Kier molecular flexibility index (Phi) is 2.24. The van der Waals surface area contributed by atoms with Crippen LogP contribution in [-0.2, 0) is 0 Å². The molecule has 0 unspecified atom stereocenters. The van der Waals surface area contributed by atoms with Crippen LogP contribution < -0.4 is 5.73 Å². The second-order valence-corrected chi connectivity index (χ2v) is 2.55. The van der Waals surface area contributed by atoms with Crippen molar-refractivity contribution in [3.8, 4) is 0 Å². The van der Waals surface area contributed by atoms with E-state index < -0.39 is 0 Å². The van der Waals surface area contributed by atoms with Gasteiger partial charge in [0.05, 0.1) is 0 Å². The molecular formula is C9H10N2O. The molecule has 3 heteroatoms. The van der Waals surface area contributed by atoms with Crippen LogP contribution in [0.15, 0.2) is 18.2 Å². The van der Waals surface area contributed by atoms with Gasteiger partial charge in [-0.15, -0.1) is 0 Å². The highest BCUT2D eigenvalue weighted by Crippen LogP contribution is 2.15. The third-order valence-electron chi connectivity index (χ3n) is 1.63. The number of hydrogen-bond donors (Lipinski definition) is 2. The maximum atomic E-state index is 10.5. The Labute approximate surface area is 70.7 Å².